The minimum absolute atomic E-state index is 0.0135. The molecule has 6 heteroatoms. The molecular weight excluding hydrogens is 398 g/mol. The second-order valence-electron chi connectivity index (χ2n) is 7.56. The molecule has 1 N–H and O–H groups in total. The Morgan fingerprint density at radius 1 is 0.933 bits per heavy atom. The van der Waals surface area contributed by atoms with Crippen LogP contribution >= 0.6 is 11.6 Å². The summed E-state index contributed by atoms with van der Waals surface area (Å²) in [6.07, 6.45) is 0. The summed E-state index contributed by atoms with van der Waals surface area (Å²) >= 11 is 6.28. The molecule has 1 aliphatic rings. The average Bonchev–Trinajstić information content (AvgIpc) is 3.11. The lowest BCUT2D eigenvalue weighted by atomic mass is 9.95. The van der Waals surface area contributed by atoms with Gasteiger partial charge < -0.3 is 0 Å². The van der Waals surface area contributed by atoms with Gasteiger partial charge >= 0.3 is 0 Å². The number of benzene rings is 3. The van der Waals surface area contributed by atoms with E-state index in [9.17, 15) is 9.59 Å². The van der Waals surface area contributed by atoms with E-state index in [-0.39, 0.29) is 24.4 Å². The van der Waals surface area contributed by atoms with Gasteiger partial charge in [0, 0.05) is 10.8 Å². The summed E-state index contributed by atoms with van der Waals surface area (Å²) in [6.45, 7) is 1.99. The van der Waals surface area contributed by atoms with Crippen molar-refractivity contribution in [3.8, 4) is 0 Å². The molecule has 1 amide bonds. The smallest absolute Gasteiger partial charge is 0.257 e. The van der Waals surface area contributed by atoms with E-state index in [2.05, 4.69) is 5.43 Å². The fraction of sp³-hybridized carbons (Fsp3) is 0.167. The third kappa shape index (κ3) is 2.90. The zero-order chi connectivity index (χ0) is 20.8. The minimum Gasteiger partial charge on any atom is -0.279 e. The van der Waals surface area contributed by atoms with E-state index in [0.29, 0.717) is 0 Å². The maximum Gasteiger partial charge on any atom is 0.257 e. The lowest BCUT2D eigenvalue weighted by Gasteiger charge is -2.44. The van der Waals surface area contributed by atoms with E-state index in [1.165, 1.54) is 5.01 Å². The van der Waals surface area contributed by atoms with E-state index >= 15 is 0 Å². The van der Waals surface area contributed by atoms with Gasteiger partial charge in [-0.15, -0.1) is 11.6 Å². The van der Waals surface area contributed by atoms with Gasteiger partial charge in [-0.2, -0.15) is 0 Å². The van der Waals surface area contributed by atoms with Gasteiger partial charge in [0.05, 0.1) is 23.6 Å². The molecule has 1 fully saturated rings. The van der Waals surface area contributed by atoms with Crippen LogP contribution in [0.2, 0.25) is 0 Å². The van der Waals surface area contributed by atoms with Gasteiger partial charge in [0.15, 0.2) is 0 Å². The highest BCUT2D eigenvalue weighted by Crippen LogP contribution is 2.37. The molecule has 0 saturated carbocycles. The van der Waals surface area contributed by atoms with Crippen molar-refractivity contribution in [2.75, 3.05) is 6.54 Å². The molecule has 0 bridgehead atoms. The number of carbonyl (C=O) groups is 2. The number of nitrogens with one attached hydrogen (secondary N) is 1. The van der Waals surface area contributed by atoms with Crippen molar-refractivity contribution in [2.45, 2.75) is 18.3 Å². The van der Waals surface area contributed by atoms with Crippen LogP contribution in [-0.2, 0) is 4.79 Å². The number of aromatic nitrogens is 1. The van der Waals surface area contributed by atoms with Crippen molar-refractivity contribution < 1.29 is 9.59 Å². The first-order valence-corrected chi connectivity index (χ1v) is 10.3. The molecule has 2 unspecified atom stereocenters. The highest BCUT2D eigenvalue weighted by Gasteiger charge is 2.47. The van der Waals surface area contributed by atoms with Crippen LogP contribution in [-0.4, -0.2) is 33.3 Å². The fourth-order valence-corrected chi connectivity index (χ4v) is 4.50. The molecule has 2 heterocycles. The Balaban J connectivity index is 1.42. The van der Waals surface area contributed by atoms with Gasteiger partial charge in [-0.1, -0.05) is 66.2 Å². The van der Waals surface area contributed by atoms with Gasteiger partial charge in [0.2, 0.25) is 5.91 Å². The molecule has 1 aliphatic heterocycles. The molecule has 0 aliphatic carbocycles. The number of hydrazine groups is 1. The average molecular weight is 418 g/mol. The summed E-state index contributed by atoms with van der Waals surface area (Å²) in [5.74, 6) is -0.363. The SMILES string of the molecule is Cc1ccc(C2C(Cl)C(=O)N2NCC(=O)n2c3ccccc3c3ccccc32)cc1. The Kier molecular flexibility index (Phi) is 4.57. The van der Waals surface area contributed by atoms with Gasteiger partial charge in [-0.3, -0.25) is 19.2 Å². The molecule has 0 radical (unpaired) electrons. The number of rotatable bonds is 4. The molecule has 1 saturated heterocycles. The van der Waals surface area contributed by atoms with E-state index in [4.69, 9.17) is 11.6 Å². The first-order valence-electron chi connectivity index (χ1n) is 9.85. The number of hydrogen-bond donors (Lipinski definition) is 1. The number of halogens is 1. The Labute approximate surface area is 178 Å². The predicted octanol–water partition coefficient (Wildman–Crippen LogP) is 4.44. The summed E-state index contributed by atoms with van der Waals surface area (Å²) in [7, 11) is 0. The lowest BCUT2D eigenvalue weighted by Crippen LogP contribution is -2.62. The monoisotopic (exact) mass is 417 g/mol. The first kappa shape index (κ1) is 18.9. The number of alkyl halides is 1. The second kappa shape index (κ2) is 7.27. The Hall–Kier alpha value is -3.15. The molecule has 3 aromatic carbocycles. The standard InChI is InChI=1S/C24H20ClN3O2/c1-15-10-12-16(13-11-15)23-22(25)24(30)28(23)26-14-21(29)27-19-8-4-2-6-17(19)18-7-3-5-9-20(18)27/h2-13,22-23,26H,14H2,1H3. The fourth-order valence-electron chi connectivity index (χ4n) is 4.13. The molecule has 1 aromatic heterocycles. The zero-order valence-corrected chi connectivity index (χ0v) is 17.1. The lowest BCUT2D eigenvalue weighted by molar-refractivity contribution is -0.150. The number of fused-ring (bicyclic) bond motifs is 3. The summed E-state index contributed by atoms with van der Waals surface area (Å²) < 4.78 is 1.71. The molecule has 4 aromatic rings. The van der Waals surface area contributed by atoms with E-state index in [0.717, 1.165) is 32.9 Å². The summed E-state index contributed by atoms with van der Waals surface area (Å²) in [5, 5.41) is 2.89. The predicted molar refractivity (Wildman–Crippen MR) is 118 cm³/mol. The van der Waals surface area contributed by atoms with Crippen molar-refractivity contribution in [2.24, 2.45) is 0 Å². The number of aryl methyl sites for hydroxylation is 1. The largest absolute Gasteiger partial charge is 0.279 e. The number of hydrogen-bond acceptors (Lipinski definition) is 3. The molecule has 2 atom stereocenters. The Bertz CT molecular complexity index is 1230. The third-order valence-corrected chi connectivity index (χ3v) is 6.10. The number of nitrogens with zero attached hydrogens (tertiary/aromatic N) is 2. The van der Waals surface area contributed by atoms with Crippen molar-refractivity contribution in [3.63, 3.8) is 0 Å². The number of amides is 1. The third-order valence-electron chi connectivity index (χ3n) is 5.68. The second-order valence-corrected chi connectivity index (χ2v) is 8.03. The van der Waals surface area contributed by atoms with Gasteiger partial charge in [0.25, 0.3) is 5.91 Å². The quantitative estimate of drug-likeness (QED) is 0.394. The molecule has 0 spiro atoms. The molecule has 5 rings (SSSR count). The van der Waals surface area contributed by atoms with Crippen LogP contribution in [0.5, 0.6) is 0 Å². The number of carbonyl (C=O) groups excluding carboxylic acids is 2. The molecule has 5 nitrogen and oxygen atoms in total. The van der Waals surface area contributed by atoms with Crippen molar-refractivity contribution in [1.82, 2.24) is 15.0 Å². The topological polar surface area (TPSA) is 54.3 Å². The van der Waals surface area contributed by atoms with Crippen LogP contribution in [0.1, 0.15) is 22.0 Å². The van der Waals surface area contributed by atoms with Gasteiger partial charge in [0.1, 0.15) is 5.38 Å². The van der Waals surface area contributed by atoms with Crippen molar-refractivity contribution >= 4 is 45.2 Å². The Morgan fingerprint density at radius 3 is 2.10 bits per heavy atom. The van der Waals surface area contributed by atoms with E-state index < -0.39 is 5.38 Å². The van der Waals surface area contributed by atoms with Crippen molar-refractivity contribution in [1.29, 1.82) is 0 Å². The maximum absolute atomic E-state index is 13.2. The maximum atomic E-state index is 13.2. The highest BCUT2D eigenvalue weighted by atomic mass is 35.5. The zero-order valence-electron chi connectivity index (χ0n) is 16.4. The minimum atomic E-state index is -0.636. The van der Waals surface area contributed by atoms with Crippen LogP contribution in [0.25, 0.3) is 21.8 Å². The van der Waals surface area contributed by atoms with Crippen LogP contribution < -0.4 is 5.43 Å². The first-order chi connectivity index (χ1) is 14.6. The molecule has 30 heavy (non-hydrogen) atoms. The van der Waals surface area contributed by atoms with Crippen LogP contribution in [0.3, 0.4) is 0 Å². The van der Waals surface area contributed by atoms with E-state index in [1.807, 2.05) is 79.7 Å². The molecule has 150 valence electrons. The van der Waals surface area contributed by atoms with Gasteiger partial charge in [-0.05, 0) is 24.6 Å². The highest BCUT2D eigenvalue weighted by molar-refractivity contribution is 6.33. The number of para-hydroxylation sites is 2. The summed E-state index contributed by atoms with van der Waals surface area (Å²) in [5.41, 5.74) is 6.79. The van der Waals surface area contributed by atoms with Gasteiger partial charge in [-0.25, -0.2) is 5.43 Å². The Morgan fingerprint density at radius 2 is 1.50 bits per heavy atom. The summed E-state index contributed by atoms with van der Waals surface area (Å²) in [4.78, 5) is 25.5. The van der Waals surface area contributed by atoms with Crippen molar-refractivity contribution in [3.05, 3.63) is 83.9 Å². The normalized spacial score (nSPS) is 18.7. The van der Waals surface area contributed by atoms with Crippen LogP contribution in [0.15, 0.2) is 72.8 Å². The summed E-state index contributed by atoms with van der Waals surface area (Å²) in [6, 6.07) is 23.3. The van der Waals surface area contributed by atoms with Crippen LogP contribution in [0, 0.1) is 6.92 Å². The van der Waals surface area contributed by atoms with Crippen LogP contribution in [0.4, 0.5) is 0 Å². The molecular formula is C24H20ClN3O2. The van der Waals surface area contributed by atoms with E-state index in [1.54, 1.807) is 4.57 Å². The number of β-lactam (4-membered cyclic amide) rings is 1.